The molecule has 164 valence electrons. The fourth-order valence-electron chi connectivity index (χ4n) is 1.92. The van der Waals surface area contributed by atoms with E-state index in [1.807, 2.05) is 5.32 Å². The molecular weight excluding hydrogens is 412 g/mol. The van der Waals surface area contributed by atoms with Crippen molar-refractivity contribution >= 4 is 48.1 Å². The van der Waals surface area contributed by atoms with Gasteiger partial charge in [-0.1, -0.05) is 0 Å². The minimum atomic E-state index is -1.60. The second-order valence-electron chi connectivity index (χ2n) is 5.83. The van der Waals surface area contributed by atoms with Crippen LogP contribution < -0.4 is 33.2 Å². The van der Waals surface area contributed by atoms with Crippen LogP contribution in [0.3, 0.4) is 0 Å². The number of nitrogens with one attached hydrogen (secondary N) is 3. The van der Waals surface area contributed by atoms with Crippen LogP contribution in [0.4, 0.5) is 0 Å². The molecule has 0 radical (unpaired) electrons. The molecule has 0 aliphatic carbocycles. The van der Waals surface area contributed by atoms with Gasteiger partial charge in [-0.3, -0.25) is 24.0 Å². The summed E-state index contributed by atoms with van der Waals surface area (Å²) in [5.74, 6) is -6.63. The third kappa shape index (κ3) is 9.72. The van der Waals surface area contributed by atoms with Crippen molar-refractivity contribution in [2.75, 3.05) is 12.4 Å². The van der Waals surface area contributed by atoms with Gasteiger partial charge in [0.15, 0.2) is 0 Å². The molecule has 0 fully saturated rings. The van der Waals surface area contributed by atoms with Gasteiger partial charge in [0, 0.05) is 5.75 Å². The first kappa shape index (κ1) is 26.1. The van der Waals surface area contributed by atoms with Crippen molar-refractivity contribution in [3.63, 3.8) is 0 Å². The standard InChI is InChI=1S/C14H24N6O8S/c15-5(1-9(16)22)11(24)18-6(2-10(17)23)12(25)19-7(3-21)13(26)20-8(4-29)14(27)28/h5-8,21,29H,1-4,15H2,(H2,16,22)(H2,17,23)(H,18,24)(H,19,25)(H,20,26)(H,27,28). The van der Waals surface area contributed by atoms with E-state index < -0.39 is 79.1 Å². The van der Waals surface area contributed by atoms with Gasteiger partial charge in [-0.25, -0.2) is 4.79 Å². The summed E-state index contributed by atoms with van der Waals surface area (Å²) in [4.78, 5) is 69.3. The molecule has 0 spiro atoms. The third-order valence-electron chi connectivity index (χ3n) is 3.41. The summed E-state index contributed by atoms with van der Waals surface area (Å²) in [6, 6.07) is -5.97. The van der Waals surface area contributed by atoms with Gasteiger partial charge >= 0.3 is 5.97 Å². The number of carboxylic acid groups (broad SMARTS) is 1. The Balaban J connectivity index is 5.20. The molecule has 14 nitrogen and oxygen atoms in total. The van der Waals surface area contributed by atoms with Gasteiger partial charge in [0.2, 0.25) is 29.5 Å². The van der Waals surface area contributed by atoms with Crippen molar-refractivity contribution in [2.24, 2.45) is 17.2 Å². The van der Waals surface area contributed by atoms with E-state index in [2.05, 4.69) is 23.3 Å². The number of aliphatic carboxylic acids is 1. The van der Waals surface area contributed by atoms with Crippen LogP contribution in [0.1, 0.15) is 12.8 Å². The number of hydrogen-bond acceptors (Lipinski definition) is 9. The normalized spacial score (nSPS) is 14.6. The Kier molecular flexibility index (Phi) is 11.3. The molecular formula is C14H24N6O8S. The lowest BCUT2D eigenvalue weighted by atomic mass is 10.1. The van der Waals surface area contributed by atoms with E-state index in [0.717, 1.165) is 0 Å². The molecule has 0 saturated carbocycles. The Morgan fingerprint density at radius 1 is 0.793 bits per heavy atom. The molecule has 5 amide bonds. The van der Waals surface area contributed by atoms with Crippen molar-refractivity contribution in [3.05, 3.63) is 0 Å². The first-order valence-corrected chi connectivity index (χ1v) is 8.73. The van der Waals surface area contributed by atoms with Crippen molar-refractivity contribution < 1.29 is 39.0 Å². The average Bonchev–Trinajstić information content (AvgIpc) is 2.61. The van der Waals surface area contributed by atoms with Crippen molar-refractivity contribution in [1.29, 1.82) is 0 Å². The quantitative estimate of drug-likeness (QED) is 0.125. The Bertz CT molecular complexity index is 660. The number of primary amides is 2. The molecule has 15 heteroatoms. The number of aliphatic hydroxyl groups is 1. The van der Waals surface area contributed by atoms with E-state index in [1.54, 1.807) is 0 Å². The highest BCUT2D eigenvalue weighted by atomic mass is 32.1. The first-order chi connectivity index (χ1) is 13.4. The van der Waals surface area contributed by atoms with E-state index in [9.17, 15) is 33.9 Å². The zero-order chi connectivity index (χ0) is 22.7. The van der Waals surface area contributed by atoms with Gasteiger partial charge in [0.05, 0.1) is 25.5 Å². The SMILES string of the molecule is NC(=O)CC(N)C(=O)NC(CC(N)=O)C(=O)NC(CO)C(=O)NC(CS)C(=O)O. The second kappa shape index (κ2) is 12.5. The maximum absolute atomic E-state index is 12.3. The Hall–Kier alpha value is -2.91. The van der Waals surface area contributed by atoms with Crippen LogP contribution in [-0.2, 0) is 28.8 Å². The summed E-state index contributed by atoms with van der Waals surface area (Å²) in [6.45, 7) is -0.922. The summed E-state index contributed by atoms with van der Waals surface area (Å²) in [7, 11) is 0. The molecule has 0 aromatic carbocycles. The lowest BCUT2D eigenvalue weighted by molar-refractivity contribution is -0.142. The molecule has 0 aromatic rings. The number of thiol groups is 1. The van der Waals surface area contributed by atoms with Crippen LogP contribution in [-0.4, -0.2) is 82.2 Å². The number of carboxylic acids is 1. The third-order valence-corrected chi connectivity index (χ3v) is 3.77. The van der Waals surface area contributed by atoms with E-state index >= 15 is 0 Å². The molecule has 0 saturated heterocycles. The van der Waals surface area contributed by atoms with Gasteiger partial charge in [-0.2, -0.15) is 12.6 Å². The van der Waals surface area contributed by atoms with Crippen molar-refractivity contribution in [3.8, 4) is 0 Å². The minimum Gasteiger partial charge on any atom is -0.480 e. The van der Waals surface area contributed by atoms with Gasteiger partial charge in [0.25, 0.3) is 0 Å². The second-order valence-corrected chi connectivity index (χ2v) is 6.20. The maximum atomic E-state index is 12.3. The Morgan fingerprint density at radius 3 is 1.66 bits per heavy atom. The van der Waals surface area contributed by atoms with Gasteiger partial charge in [0.1, 0.15) is 18.1 Å². The smallest absolute Gasteiger partial charge is 0.327 e. The summed E-state index contributed by atoms with van der Waals surface area (Å²) >= 11 is 3.76. The molecule has 0 heterocycles. The van der Waals surface area contributed by atoms with Crippen LogP contribution in [0.15, 0.2) is 0 Å². The predicted octanol–water partition coefficient (Wildman–Crippen LogP) is -5.47. The van der Waals surface area contributed by atoms with E-state index in [4.69, 9.17) is 22.3 Å². The van der Waals surface area contributed by atoms with Crippen molar-refractivity contribution in [2.45, 2.75) is 37.0 Å². The molecule has 0 aliphatic rings. The average molecular weight is 436 g/mol. The Labute approximate surface area is 170 Å². The van der Waals surface area contributed by atoms with Crippen LogP contribution in [0.2, 0.25) is 0 Å². The molecule has 11 N–H and O–H groups in total. The summed E-state index contributed by atoms with van der Waals surface area (Å²) in [6.07, 6.45) is -1.21. The fraction of sp³-hybridized carbons (Fsp3) is 0.571. The highest BCUT2D eigenvalue weighted by molar-refractivity contribution is 7.80. The molecule has 29 heavy (non-hydrogen) atoms. The zero-order valence-corrected chi connectivity index (χ0v) is 16.1. The molecule has 0 bridgehead atoms. The maximum Gasteiger partial charge on any atom is 0.327 e. The van der Waals surface area contributed by atoms with Gasteiger partial charge in [-0.05, 0) is 0 Å². The molecule has 0 rings (SSSR count). The van der Waals surface area contributed by atoms with Gasteiger partial charge < -0.3 is 43.4 Å². The summed E-state index contributed by atoms with van der Waals surface area (Å²) < 4.78 is 0. The number of hydrogen-bond donors (Lipinski definition) is 9. The fourth-order valence-corrected chi connectivity index (χ4v) is 2.17. The number of aliphatic hydroxyl groups excluding tert-OH is 1. The number of carbonyl (C=O) groups excluding carboxylic acids is 5. The lowest BCUT2D eigenvalue weighted by Crippen LogP contribution is -2.59. The largest absolute Gasteiger partial charge is 0.480 e. The number of carbonyl (C=O) groups is 6. The topological polar surface area (TPSA) is 257 Å². The minimum absolute atomic E-state index is 0.259. The van der Waals surface area contributed by atoms with E-state index in [0.29, 0.717) is 0 Å². The molecule has 4 atom stereocenters. The molecule has 0 aromatic heterocycles. The lowest BCUT2D eigenvalue weighted by Gasteiger charge is -2.23. The van der Waals surface area contributed by atoms with Crippen molar-refractivity contribution in [1.82, 2.24) is 16.0 Å². The highest BCUT2D eigenvalue weighted by Crippen LogP contribution is 1.98. The monoisotopic (exact) mass is 436 g/mol. The molecule has 0 aliphatic heterocycles. The summed E-state index contributed by atoms with van der Waals surface area (Å²) in [5, 5.41) is 24.4. The van der Waals surface area contributed by atoms with E-state index in [1.165, 1.54) is 0 Å². The van der Waals surface area contributed by atoms with E-state index in [-0.39, 0.29) is 5.75 Å². The zero-order valence-electron chi connectivity index (χ0n) is 15.2. The van der Waals surface area contributed by atoms with Gasteiger partial charge in [-0.15, -0.1) is 0 Å². The number of nitrogens with two attached hydrogens (primary N) is 3. The predicted molar refractivity (Wildman–Crippen MR) is 100.0 cm³/mol. The highest BCUT2D eigenvalue weighted by Gasteiger charge is 2.30. The Morgan fingerprint density at radius 2 is 1.24 bits per heavy atom. The van der Waals surface area contributed by atoms with Crippen LogP contribution >= 0.6 is 12.6 Å². The number of amides is 5. The summed E-state index contributed by atoms with van der Waals surface area (Å²) in [5.41, 5.74) is 15.4. The van der Waals surface area contributed by atoms with Crippen LogP contribution in [0.5, 0.6) is 0 Å². The number of rotatable bonds is 13. The van der Waals surface area contributed by atoms with Crippen LogP contribution in [0.25, 0.3) is 0 Å². The molecule has 4 unspecified atom stereocenters. The van der Waals surface area contributed by atoms with Crippen LogP contribution in [0, 0.1) is 0 Å². The first-order valence-electron chi connectivity index (χ1n) is 8.10.